The molecule has 2 aliphatic rings. The lowest BCUT2D eigenvalue weighted by molar-refractivity contribution is 0.220. The molecule has 1 saturated heterocycles. The zero-order valence-corrected chi connectivity index (χ0v) is 12.1. The minimum absolute atomic E-state index is 0.271. The van der Waals surface area contributed by atoms with Gasteiger partial charge in [0.2, 0.25) is 5.88 Å². The van der Waals surface area contributed by atoms with Gasteiger partial charge in [-0.25, -0.2) is 4.98 Å². The Balaban J connectivity index is 1.65. The van der Waals surface area contributed by atoms with Crippen LogP contribution in [0.1, 0.15) is 30.5 Å². The highest BCUT2D eigenvalue weighted by Gasteiger charge is 2.31. The van der Waals surface area contributed by atoms with Crippen molar-refractivity contribution in [1.82, 2.24) is 19.7 Å². The molecular weight excluding hydrogens is 264 g/mol. The summed E-state index contributed by atoms with van der Waals surface area (Å²) in [6.45, 7) is 2.41. The van der Waals surface area contributed by atoms with E-state index in [-0.39, 0.29) is 5.88 Å². The van der Waals surface area contributed by atoms with E-state index in [4.69, 9.17) is 0 Å². The third-order valence-electron chi connectivity index (χ3n) is 4.72. The van der Waals surface area contributed by atoms with Gasteiger partial charge in [-0.2, -0.15) is 9.78 Å². The Hall–Kier alpha value is -1.88. The molecular formula is C16H20N4O. The Morgan fingerprint density at radius 2 is 2.05 bits per heavy atom. The fourth-order valence-electron chi connectivity index (χ4n) is 3.59. The summed E-state index contributed by atoms with van der Waals surface area (Å²) in [4.78, 5) is 6.85. The van der Waals surface area contributed by atoms with E-state index in [1.54, 1.807) is 10.9 Å². The summed E-state index contributed by atoms with van der Waals surface area (Å²) in [5, 5.41) is 15.1. The lowest BCUT2D eigenvalue weighted by Crippen LogP contribution is -2.37. The summed E-state index contributed by atoms with van der Waals surface area (Å²) < 4.78 is 1.58. The molecule has 110 valence electrons. The van der Waals surface area contributed by atoms with Gasteiger partial charge in [-0.05, 0) is 57.3 Å². The Labute approximate surface area is 124 Å². The van der Waals surface area contributed by atoms with E-state index in [1.165, 1.54) is 25.9 Å². The number of aromatic nitrogens is 3. The van der Waals surface area contributed by atoms with Crippen molar-refractivity contribution in [1.29, 1.82) is 0 Å². The second-order valence-corrected chi connectivity index (χ2v) is 5.99. The van der Waals surface area contributed by atoms with Crippen LogP contribution in [0, 0.1) is 0 Å². The van der Waals surface area contributed by atoms with Crippen molar-refractivity contribution in [3.8, 4) is 11.7 Å². The van der Waals surface area contributed by atoms with Gasteiger partial charge in [-0.15, -0.1) is 0 Å². The van der Waals surface area contributed by atoms with Gasteiger partial charge in [-0.1, -0.05) is 6.07 Å². The van der Waals surface area contributed by atoms with Gasteiger partial charge in [0.1, 0.15) is 0 Å². The van der Waals surface area contributed by atoms with Gasteiger partial charge in [0.15, 0.2) is 5.82 Å². The minimum Gasteiger partial charge on any atom is -0.493 e. The highest BCUT2D eigenvalue weighted by Crippen LogP contribution is 2.33. The molecule has 1 aliphatic carbocycles. The van der Waals surface area contributed by atoms with Crippen LogP contribution in [0.5, 0.6) is 5.88 Å². The molecule has 0 spiro atoms. The highest BCUT2D eigenvalue weighted by molar-refractivity contribution is 5.39. The smallest absolute Gasteiger partial charge is 0.219 e. The number of nitrogens with zero attached hydrogens (tertiary/aromatic N) is 4. The molecule has 1 fully saturated rings. The number of hydrogen-bond donors (Lipinski definition) is 1. The molecule has 1 unspecified atom stereocenters. The van der Waals surface area contributed by atoms with Gasteiger partial charge in [0.25, 0.3) is 0 Å². The average molecular weight is 284 g/mol. The predicted octanol–water partition coefficient (Wildman–Crippen LogP) is 1.93. The number of aromatic hydroxyl groups is 1. The summed E-state index contributed by atoms with van der Waals surface area (Å²) in [7, 11) is 0. The SMILES string of the molecule is Oc1c2c(nn1-c1ccccn1)CCC(N1CCCC1)C2. The van der Waals surface area contributed by atoms with E-state index in [0.717, 1.165) is 30.5 Å². The number of hydrogen-bond acceptors (Lipinski definition) is 4. The Kier molecular flexibility index (Phi) is 3.15. The van der Waals surface area contributed by atoms with Crippen LogP contribution in [0.3, 0.4) is 0 Å². The summed E-state index contributed by atoms with van der Waals surface area (Å²) >= 11 is 0. The fourth-order valence-corrected chi connectivity index (χ4v) is 3.59. The maximum Gasteiger partial charge on any atom is 0.219 e. The predicted molar refractivity (Wildman–Crippen MR) is 79.6 cm³/mol. The third-order valence-corrected chi connectivity index (χ3v) is 4.72. The average Bonchev–Trinajstić information content (AvgIpc) is 3.17. The van der Waals surface area contributed by atoms with E-state index in [2.05, 4.69) is 15.0 Å². The molecule has 5 nitrogen and oxygen atoms in total. The van der Waals surface area contributed by atoms with Gasteiger partial charge < -0.3 is 10.0 Å². The molecule has 2 aromatic rings. The van der Waals surface area contributed by atoms with E-state index < -0.39 is 0 Å². The molecule has 5 heteroatoms. The molecule has 0 bridgehead atoms. The second kappa shape index (κ2) is 5.15. The van der Waals surface area contributed by atoms with Crippen molar-refractivity contribution in [3.63, 3.8) is 0 Å². The van der Waals surface area contributed by atoms with Crippen LogP contribution >= 0.6 is 0 Å². The van der Waals surface area contributed by atoms with Crippen LogP contribution in [-0.2, 0) is 12.8 Å². The summed E-state index contributed by atoms with van der Waals surface area (Å²) in [5.41, 5.74) is 2.05. The Morgan fingerprint density at radius 3 is 2.81 bits per heavy atom. The molecule has 1 atom stereocenters. The maximum atomic E-state index is 10.5. The van der Waals surface area contributed by atoms with Gasteiger partial charge in [0.05, 0.1) is 5.69 Å². The van der Waals surface area contributed by atoms with E-state index in [1.807, 2.05) is 18.2 Å². The third kappa shape index (κ3) is 2.21. The van der Waals surface area contributed by atoms with Crippen LogP contribution < -0.4 is 0 Å². The fraction of sp³-hybridized carbons (Fsp3) is 0.500. The number of rotatable bonds is 2. The lowest BCUT2D eigenvalue weighted by atomic mass is 9.92. The van der Waals surface area contributed by atoms with Crippen LogP contribution in [0.25, 0.3) is 5.82 Å². The van der Waals surface area contributed by atoms with Gasteiger partial charge in [0, 0.05) is 17.8 Å². The topological polar surface area (TPSA) is 54.2 Å². The highest BCUT2D eigenvalue weighted by atomic mass is 16.3. The van der Waals surface area contributed by atoms with Crippen molar-refractivity contribution in [2.75, 3.05) is 13.1 Å². The molecule has 1 aliphatic heterocycles. The first-order valence-corrected chi connectivity index (χ1v) is 7.78. The molecule has 0 aromatic carbocycles. The summed E-state index contributed by atoms with van der Waals surface area (Å²) in [6.07, 6.45) is 7.34. The lowest BCUT2D eigenvalue weighted by Gasteiger charge is -2.30. The maximum absolute atomic E-state index is 10.5. The quantitative estimate of drug-likeness (QED) is 0.915. The zero-order chi connectivity index (χ0) is 14.2. The van der Waals surface area contributed by atoms with Crippen molar-refractivity contribution in [3.05, 3.63) is 35.7 Å². The largest absolute Gasteiger partial charge is 0.493 e. The van der Waals surface area contributed by atoms with E-state index in [9.17, 15) is 5.11 Å². The molecule has 3 heterocycles. The number of pyridine rings is 1. The standard InChI is InChI=1S/C16H20N4O/c21-16-13-11-12(19-9-3-4-10-19)6-7-14(13)18-20(16)15-5-1-2-8-17-15/h1-2,5,8,12,21H,3-4,6-7,9-11H2. The Morgan fingerprint density at radius 1 is 1.19 bits per heavy atom. The van der Waals surface area contributed by atoms with Crippen LogP contribution in [0.4, 0.5) is 0 Å². The minimum atomic E-state index is 0.271. The van der Waals surface area contributed by atoms with E-state index >= 15 is 0 Å². The van der Waals surface area contributed by atoms with Crippen molar-refractivity contribution in [2.24, 2.45) is 0 Å². The van der Waals surface area contributed by atoms with Crippen LogP contribution in [0.15, 0.2) is 24.4 Å². The summed E-state index contributed by atoms with van der Waals surface area (Å²) in [6, 6.07) is 6.21. The van der Waals surface area contributed by atoms with Crippen molar-refractivity contribution >= 4 is 0 Å². The number of fused-ring (bicyclic) bond motifs is 1. The van der Waals surface area contributed by atoms with Gasteiger partial charge >= 0.3 is 0 Å². The van der Waals surface area contributed by atoms with E-state index in [0.29, 0.717) is 11.9 Å². The first-order chi connectivity index (χ1) is 10.3. The molecule has 4 rings (SSSR count). The monoisotopic (exact) mass is 284 g/mol. The van der Waals surface area contributed by atoms with Crippen molar-refractivity contribution in [2.45, 2.75) is 38.1 Å². The molecule has 0 amide bonds. The Bertz CT molecular complexity index is 631. The van der Waals surface area contributed by atoms with Crippen LogP contribution in [0.2, 0.25) is 0 Å². The second-order valence-electron chi connectivity index (χ2n) is 5.99. The first-order valence-electron chi connectivity index (χ1n) is 7.78. The van der Waals surface area contributed by atoms with Gasteiger partial charge in [-0.3, -0.25) is 0 Å². The normalized spacial score (nSPS) is 22.4. The number of aryl methyl sites for hydroxylation is 1. The molecule has 0 saturated carbocycles. The molecule has 1 N–H and O–H groups in total. The zero-order valence-electron chi connectivity index (χ0n) is 12.1. The molecule has 0 radical (unpaired) electrons. The summed E-state index contributed by atoms with van der Waals surface area (Å²) in [5.74, 6) is 0.953. The first kappa shape index (κ1) is 12.8. The molecule has 21 heavy (non-hydrogen) atoms. The van der Waals surface area contributed by atoms with Crippen molar-refractivity contribution < 1.29 is 5.11 Å². The van der Waals surface area contributed by atoms with Crippen LogP contribution in [-0.4, -0.2) is 43.9 Å². The molecule has 2 aromatic heterocycles. The number of likely N-dealkylation sites (tertiary alicyclic amines) is 1.